The van der Waals surface area contributed by atoms with Crippen molar-refractivity contribution in [2.75, 3.05) is 11.9 Å². The van der Waals surface area contributed by atoms with E-state index in [2.05, 4.69) is 24.4 Å². The van der Waals surface area contributed by atoms with Gasteiger partial charge in [0.15, 0.2) is 0 Å². The largest absolute Gasteiger partial charge is 0.494 e. The van der Waals surface area contributed by atoms with E-state index in [0.717, 1.165) is 18.3 Å². The number of hydrogen-bond donors (Lipinski definition) is 1. The molecule has 0 bridgehead atoms. The smallest absolute Gasteiger partial charge is 0.121 e. The second-order valence-corrected chi connectivity index (χ2v) is 5.04. The van der Waals surface area contributed by atoms with E-state index in [-0.39, 0.29) is 0 Å². The Labute approximate surface area is 104 Å². The van der Waals surface area contributed by atoms with Crippen LogP contribution in [0.15, 0.2) is 24.3 Å². The first-order chi connectivity index (χ1) is 8.28. The average molecular weight is 233 g/mol. The third-order valence-corrected chi connectivity index (χ3v) is 3.47. The second kappa shape index (κ2) is 5.95. The summed E-state index contributed by atoms with van der Waals surface area (Å²) >= 11 is 0. The topological polar surface area (TPSA) is 21.3 Å². The number of benzene rings is 1. The van der Waals surface area contributed by atoms with Crippen molar-refractivity contribution in [2.45, 2.75) is 45.6 Å². The van der Waals surface area contributed by atoms with E-state index >= 15 is 0 Å². The Morgan fingerprint density at radius 3 is 2.88 bits per heavy atom. The molecule has 0 aromatic heterocycles. The molecular formula is C15H23NO. The molecule has 0 saturated heterocycles. The first-order valence-electron chi connectivity index (χ1n) is 6.77. The Morgan fingerprint density at radius 1 is 1.41 bits per heavy atom. The minimum atomic E-state index is 0.553. The first-order valence-corrected chi connectivity index (χ1v) is 6.77. The van der Waals surface area contributed by atoms with E-state index in [9.17, 15) is 0 Å². The molecule has 1 aromatic rings. The highest BCUT2D eigenvalue weighted by molar-refractivity contribution is 5.48. The van der Waals surface area contributed by atoms with E-state index in [1.54, 1.807) is 0 Å². The van der Waals surface area contributed by atoms with Crippen LogP contribution in [0.3, 0.4) is 0 Å². The van der Waals surface area contributed by atoms with Crippen LogP contribution >= 0.6 is 0 Å². The van der Waals surface area contributed by atoms with Crippen molar-refractivity contribution >= 4 is 5.69 Å². The standard InChI is InChI=1S/C15H23NO/c1-3-17-15-9-5-8-14(11-15)16-12(2)10-13-6-4-7-13/h5,8-9,11-13,16H,3-4,6-7,10H2,1-2H3. The fourth-order valence-corrected chi connectivity index (χ4v) is 2.41. The van der Waals surface area contributed by atoms with E-state index < -0.39 is 0 Å². The molecular weight excluding hydrogens is 210 g/mol. The molecule has 0 heterocycles. The maximum atomic E-state index is 5.50. The van der Waals surface area contributed by atoms with Gasteiger partial charge < -0.3 is 10.1 Å². The van der Waals surface area contributed by atoms with Crippen LogP contribution in [-0.4, -0.2) is 12.6 Å². The average Bonchev–Trinajstić information content (AvgIpc) is 2.25. The molecule has 1 fully saturated rings. The summed E-state index contributed by atoms with van der Waals surface area (Å²) in [7, 11) is 0. The van der Waals surface area contributed by atoms with Crippen molar-refractivity contribution in [1.82, 2.24) is 0 Å². The summed E-state index contributed by atoms with van der Waals surface area (Å²) in [5.41, 5.74) is 1.17. The quantitative estimate of drug-likeness (QED) is 0.799. The molecule has 0 amide bonds. The fourth-order valence-electron chi connectivity index (χ4n) is 2.41. The molecule has 94 valence electrons. The summed E-state index contributed by atoms with van der Waals surface area (Å²) in [5.74, 6) is 1.90. The van der Waals surface area contributed by atoms with Crippen LogP contribution in [0.1, 0.15) is 39.5 Å². The second-order valence-electron chi connectivity index (χ2n) is 5.04. The van der Waals surface area contributed by atoms with E-state index in [0.29, 0.717) is 6.04 Å². The molecule has 1 unspecified atom stereocenters. The van der Waals surface area contributed by atoms with Crippen LogP contribution in [0.4, 0.5) is 5.69 Å². The fraction of sp³-hybridized carbons (Fsp3) is 0.600. The monoisotopic (exact) mass is 233 g/mol. The van der Waals surface area contributed by atoms with Crippen molar-refractivity contribution < 1.29 is 4.74 Å². The zero-order valence-corrected chi connectivity index (χ0v) is 10.9. The van der Waals surface area contributed by atoms with Crippen LogP contribution in [0.2, 0.25) is 0 Å². The number of nitrogens with one attached hydrogen (secondary N) is 1. The third-order valence-electron chi connectivity index (χ3n) is 3.47. The van der Waals surface area contributed by atoms with Gasteiger partial charge in [-0.1, -0.05) is 25.3 Å². The number of hydrogen-bond acceptors (Lipinski definition) is 2. The van der Waals surface area contributed by atoms with E-state index in [4.69, 9.17) is 4.74 Å². The van der Waals surface area contributed by atoms with E-state index in [1.807, 2.05) is 19.1 Å². The molecule has 0 aliphatic heterocycles. The lowest BCUT2D eigenvalue weighted by atomic mass is 9.81. The van der Waals surface area contributed by atoms with Gasteiger partial charge in [-0.05, 0) is 38.3 Å². The lowest BCUT2D eigenvalue weighted by molar-refractivity contribution is 0.286. The summed E-state index contributed by atoms with van der Waals surface area (Å²) in [6.07, 6.45) is 5.56. The van der Waals surface area contributed by atoms with Gasteiger partial charge >= 0.3 is 0 Å². The molecule has 17 heavy (non-hydrogen) atoms. The Bertz CT molecular complexity index is 347. The predicted molar refractivity (Wildman–Crippen MR) is 72.7 cm³/mol. The maximum absolute atomic E-state index is 5.50. The van der Waals surface area contributed by atoms with Gasteiger partial charge in [0, 0.05) is 17.8 Å². The lowest BCUT2D eigenvalue weighted by Crippen LogP contribution is -2.23. The summed E-state index contributed by atoms with van der Waals surface area (Å²) in [6.45, 7) is 5.01. The molecule has 0 spiro atoms. The minimum Gasteiger partial charge on any atom is -0.494 e. The van der Waals surface area contributed by atoms with Crippen LogP contribution in [0.25, 0.3) is 0 Å². The zero-order valence-electron chi connectivity index (χ0n) is 10.9. The van der Waals surface area contributed by atoms with Crippen molar-refractivity contribution in [3.63, 3.8) is 0 Å². The van der Waals surface area contributed by atoms with Crippen molar-refractivity contribution in [3.8, 4) is 5.75 Å². The van der Waals surface area contributed by atoms with Crippen molar-refractivity contribution in [2.24, 2.45) is 5.92 Å². The van der Waals surface area contributed by atoms with E-state index in [1.165, 1.54) is 31.4 Å². The maximum Gasteiger partial charge on any atom is 0.121 e. The first kappa shape index (κ1) is 12.3. The minimum absolute atomic E-state index is 0.553. The molecule has 1 saturated carbocycles. The molecule has 1 aliphatic rings. The highest BCUT2D eigenvalue weighted by Crippen LogP contribution is 2.31. The summed E-state index contributed by atoms with van der Waals surface area (Å²) in [6, 6.07) is 8.80. The highest BCUT2D eigenvalue weighted by atomic mass is 16.5. The Balaban J connectivity index is 1.85. The predicted octanol–water partition coefficient (Wildman–Crippen LogP) is 4.08. The van der Waals surface area contributed by atoms with Gasteiger partial charge in [-0.25, -0.2) is 0 Å². The van der Waals surface area contributed by atoms with Crippen LogP contribution in [0.5, 0.6) is 5.75 Å². The van der Waals surface area contributed by atoms with Gasteiger partial charge in [0.25, 0.3) is 0 Å². The summed E-state index contributed by atoms with van der Waals surface area (Å²) in [5, 5.41) is 3.56. The Hall–Kier alpha value is -1.18. The summed E-state index contributed by atoms with van der Waals surface area (Å²) in [4.78, 5) is 0. The molecule has 2 nitrogen and oxygen atoms in total. The highest BCUT2D eigenvalue weighted by Gasteiger charge is 2.19. The van der Waals surface area contributed by atoms with Gasteiger partial charge in [-0.2, -0.15) is 0 Å². The zero-order chi connectivity index (χ0) is 12.1. The normalized spacial score (nSPS) is 17.3. The molecule has 2 rings (SSSR count). The SMILES string of the molecule is CCOc1cccc(NC(C)CC2CCC2)c1. The van der Waals surface area contributed by atoms with Crippen molar-refractivity contribution in [3.05, 3.63) is 24.3 Å². The van der Waals surface area contributed by atoms with Crippen LogP contribution in [-0.2, 0) is 0 Å². The molecule has 1 aliphatic carbocycles. The third kappa shape index (κ3) is 3.65. The molecule has 0 radical (unpaired) electrons. The van der Waals surface area contributed by atoms with Crippen LogP contribution in [0, 0.1) is 5.92 Å². The molecule has 1 N–H and O–H groups in total. The van der Waals surface area contributed by atoms with Gasteiger partial charge in [0.05, 0.1) is 6.61 Å². The van der Waals surface area contributed by atoms with Gasteiger partial charge in [-0.15, -0.1) is 0 Å². The Kier molecular flexibility index (Phi) is 4.29. The molecule has 2 heteroatoms. The van der Waals surface area contributed by atoms with Crippen LogP contribution < -0.4 is 10.1 Å². The number of rotatable bonds is 6. The Morgan fingerprint density at radius 2 is 2.24 bits per heavy atom. The number of anilines is 1. The number of ether oxygens (including phenoxy) is 1. The van der Waals surface area contributed by atoms with Gasteiger partial charge in [-0.3, -0.25) is 0 Å². The van der Waals surface area contributed by atoms with Crippen molar-refractivity contribution in [1.29, 1.82) is 0 Å². The molecule has 1 atom stereocenters. The van der Waals surface area contributed by atoms with Gasteiger partial charge in [0.1, 0.15) is 5.75 Å². The van der Waals surface area contributed by atoms with Gasteiger partial charge in [0.2, 0.25) is 0 Å². The molecule has 1 aromatic carbocycles. The summed E-state index contributed by atoms with van der Waals surface area (Å²) < 4.78 is 5.50. The lowest BCUT2D eigenvalue weighted by Gasteiger charge is -2.29.